The first-order chi connectivity index (χ1) is 15.6. The van der Waals surface area contributed by atoms with Crippen molar-refractivity contribution in [3.8, 4) is 0 Å². The quantitative estimate of drug-likeness (QED) is 0.133. The van der Waals surface area contributed by atoms with Gasteiger partial charge in [-0.3, -0.25) is 14.5 Å². The number of carbonyl (C=O) groups is 2. The SMILES string of the molecule is CCCCCCCCCCCCCCCCC=CC1CC(=O)N(c2ccc(Cl)cc2)C1=O. The van der Waals surface area contributed by atoms with E-state index in [1.165, 1.54) is 88.4 Å². The molecule has 4 heteroatoms. The van der Waals surface area contributed by atoms with E-state index in [0.29, 0.717) is 10.7 Å². The molecule has 32 heavy (non-hydrogen) atoms. The average molecular weight is 460 g/mol. The van der Waals surface area contributed by atoms with Crippen molar-refractivity contribution in [2.75, 3.05) is 4.90 Å². The summed E-state index contributed by atoms with van der Waals surface area (Å²) in [5, 5.41) is 0.595. The van der Waals surface area contributed by atoms with Crippen LogP contribution in [-0.4, -0.2) is 11.8 Å². The van der Waals surface area contributed by atoms with Gasteiger partial charge in [0.2, 0.25) is 11.8 Å². The van der Waals surface area contributed by atoms with Gasteiger partial charge >= 0.3 is 0 Å². The number of unbranched alkanes of at least 4 members (excludes halogenated alkanes) is 14. The fourth-order valence-electron chi connectivity index (χ4n) is 4.38. The summed E-state index contributed by atoms with van der Waals surface area (Å²) in [6, 6.07) is 6.85. The average Bonchev–Trinajstić information content (AvgIpc) is 3.07. The third-order valence-corrected chi connectivity index (χ3v) is 6.61. The zero-order chi connectivity index (χ0) is 23.0. The minimum Gasteiger partial charge on any atom is -0.274 e. The smallest absolute Gasteiger partial charge is 0.241 e. The second-order valence-corrected chi connectivity index (χ2v) is 9.60. The first-order valence-corrected chi connectivity index (χ1v) is 13.3. The number of carbonyl (C=O) groups excluding carboxylic acids is 2. The molecule has 1 atom stereocenters. The second kappa shape index (κ2) is 16.1. The van der Waals surface area contributed by atoms with Crippen molar-refractivity contribution in [1.29, 1.82) is 0 Å². The van der Waals surface area contributed by atoms with Gasteiger partial charge in [0, 0.05) is 11.4 Å². The highest BCUT2D eigenvalue weighted by atomic mass is 35.5. The van der Waals surface area contributed by atoms with Gasteiger partial charge in [0.1, 0.15) is 0 Å². The molecule has 3 nitrogen and oxygen atoms in total. The monoisotopic (exact) mass is 459 g/mol. The molecule has 0 N–H and O–H groups in total. The van der Waals surface area contributed by atoms with Crippen molar-refractivity contribution in [3.63, 3.8) is 0 Å². The van der Waals surface area contributed by atoms with Crippen molar-refractivity contribution in [2.24, 2.45) is 5.92 Å². The Morgan fingerprint density at radius 1 is 0.812 bits per heavy atom. The van der Waals surface area contributed by atoms with Crippen molar-refractivity contribution < 1.29 is 9.59 Å². The molecule has 1 saturated heterocycles. The number of hydrogen-bond donors (Lipinski definition) is 0. The van der Waals surface area contributed by atoms with E-state index in [-0.39, 0.29) is 24.2 Å². The van der Waals surface area contributed by atoms with Crippen LogP contribution >= 0.6 is 11.6 Å². The molecule has 1 unspecified atom stereocenters. The van der Waals surface area contributed by atoms with Gasteiger partial charge in [-0.1, -0.05) is 114 Å². The van der Waals surface area contributed by atoms with E-state index in [1.807, 2.05) is 6.08 Å². The maximum absolute atomic E-state index is 12.6. The Kier molecular flexibility index (Phi) is 13.4. The molecule has 1 aromatic rings. The van der Waals surface area contributed by atoms with Gasteiger partial charge in [-0.15, -0.1) is 0 Å². The number of anilines is 1. The number of benzene rings is 1. The molecule has 178 valence electrons. The molecule has 1 heterocycles. The Balaban J connectivity index is 1.47. The molecule has 0 saturated carbocycles. The van der Waals surface area contributed by atoms with Crippen molar-refractivity contribution >= 4 is 29.1 Å². The van der Waals surface area contributed by atoms with Crippen molar-refractivity contribution in [2.45, 2.75) is 110 Å². The van der Waals surface area contributed by atoms with Gasteiger partial charge in [0.05, 0.1) is 11.6 Å². The molecule has 1 aliphatic rings. The van der Waals surface area contributed by atoms with E-state index >= 15 is 0 Å². The summed E-state index contributed by atoms with van der Waals surface area (Å²) in [6.07, 6.45) is 24.3. The zero-order valence-electron chi connectivity index (χ0n) is 20.0. The van der Waals surface area contributed by atoms with E-state index in [2.05, 4.69) is 13.0 Å². The zero-order valence-corrected chi connectivity index (χ0v) is 20.8. The largest absolute Gasteiger partial charge is 0.274 e. The Hall–Kier alpha value is -1.61. The van der Waals surface area contributed by atoms with Crippen LogP contribution in [0.3, 0.4) is 0 Å². The number of amides is 2. The Morgan fingerprint density at radius 2 is 1.31 bits per heavy atom. The van der Waals surface area contributed by atoms with E-state index in [1.54, 1.807) is 24.3 Å². The normalized spacial score (nSPS) is 16.6. The molecule has 2 amide bonds. The fraction of sp³-hybridized carbons (Fsp3) is 0.643. The van der Waals surface area contributed by atoms with Crippen LogP contribution in [-0.2, 0) is 9.59 Å². The fourth-order valence-corrected chi connectivity index (χ4v) is 4.51. The first-order valence-electron chi connectivity index (χ1n) is 12.9. The van der Waals surface area contributed by atoms with Crippen LogP contribution in [0.2, 0.25) is 5.02 Å². The highest BCUT2D eigenvalue weighted by Crippen LogP contribution is 2.28. The van der Waals surface area contributed by atoms with E-state index in [9.17, 15) is 9.59 Å². The molecule has 0 spiro atoms. The lowest BCUT2D eigenvalue weighted by Crippen LogP contribution is -2.30. The predicted octanol–water partition coefficient (Wildman–Crippen LogP) is 8.65. The van der Waals surface area contributed by atoms with E-state index in [4.69, 9.17) is 11.6 Å². The van der Waals surface area contributed by atoms with Gasteiger partial charge in [-0.05, 0) is 37.1 Å². The van der Waals surface area contributed by atoms with Crippen LogP contribution in [0.15, 0.2) is 36.4 Å². The molecular weight excluding hydrogens is 418 g/mol. The third kappa shape index (κ3) is 9.90. The topological polar surface area (TPSA) is 37.4 Å². The highest BCUT2D eigenvalue weighted by molar-refractivity contribution is 6.30. The molecule has 2 rings (SSSR count). The second-order valence-electron chi connectivity index (χ2n) is 9.17. The third-order valence-electron chi connectivity index (χ3n) is 6.36. The molecular formula is C28H42ClNO2. The molecule has 0 aliphatic carbocycles. The van der Waals surface area contributed by atoms with Gasteiger partial charge < -0.3 is 0 Å². The molecule has 0 aromatic heterocycles. The van der Waals surface area contributed by atoms with Gasteiger partial charge in [0.15, 0.2) is 0 Å². The summed E-state index contributed by atoms with van der Waals surface area (Å²) in [6.45, 7) is 2.27. The van der Waals surface area contributed by atoms with Crippen LogP contribution in [0.5, 0.6) is 0 Å². The standard InChI is InChI=1S/C28H42ClNO2/c1-2-3-4-5-6-7-8-9-10-11-12-13-14-15-16-17-18-24-23-27(31)30(28(24)32)26-21-19-25(29)20-22-26/h17-22,24H,2-16,23H2,1H3. The maximum Gasteiger partial charge on any atom is 0.241 e. The predicted molar refractivity (Wildman–Crippen MR) is 136 cm³/mol. The van der Waals surface area contributed by atoms with Gasteiger partial charge in [0.25, 0.3) is 0 Å². The minimum atomic E-state index is -0.329. The summed E-state index contributed by atoms with van der Waals surface area (Å²) in [7, 11) is 0. The summed E-state index contributed by atoms with van der Waals surface area (Å²) in [5.41, 5.74) is 0.604. The van der Waals surface area contributed by atoms with E-state index < -0.39 is 0 Å². The van der Waals surface area contributed by atoms with Crippen LogP contribution < -0.4 is 4.90 Å². The lowest BCUT2D eigenvalue weighted by atomic mass is 10.0. The Bertz CT molecular complexity index is 698. The lowest BCUT2D eigenvalue weighted by Gasteiger charge is -2.14. The Morgan fingerprint density at radius 3 is 1.84 bits per heavy atom. The number of rotatable bonds is 17. The molecule has 0 bridgehead atoms. The van der Waals surface area contributed by atoms with E-state index in [0.717, 1.165) is 12.8 Å². The molecule has 1 aromatic carbocycles. The number of allylic oxidation sites excluding steroid dienone is 1. The van der Waals surface area contributed by atoms with Crippen molar-refractivity contribution in [3.05, 3.63) is 41.4 Å². The summed E-state index contributed by atoms with van der Waals surface area (Å²) < 4.78 is 0. The van der Waals surface area contributed by atoms with Crippen LogP contribution in [0.4, 0.5) is 5.69 Å². The number of imide groups is 1. The summed E-state index contributed by atoms with van der Waals surface area (Å²) in [5.74, 6) is -0.595. The number of halogens is 1. The lowest BCUT2D eigenvalue weighted by molar-refractivity contribution is -0.121. The number of nitrogens with zero attached hydrogens (tertiary/aromatic N) is 1. The van der Waals surface area contributed by atoms with Crippen LogP contribution in [0.25, 0.3) is 0 Å². The van der Waals surface area contributed by atoms with Crippen molar-refractivity contribution in [1.82, 2.24) is 0 Å². The summed E-state index contributed by atoms with van der Waals surface area (Å²) >= 11 is 5.90. The van der Waals surface area contributed by atoms with Gasteiger partial charge in [-0.2, -0.15) is 0 Å². The van der Waals surface area contributed by atoms with Crippen LogP contribution in [0, 0.1) is 5.92 Å². The minimum absolute atomic E-state index is 0.130. The highest BCUT2D eigenvalue weighted by Gasteiger charge is 2.37. The summed E-state index contributed by atoms with van der Waals surface area (Å²) in [4.78, 5) is 26.2. The number of hydrogen-bond acceptors (Lipinski definition) is 2. The first kappa shape index (κ1) is 26.6. The Labute approximate surface area is 200 Å². The maximum atomic E-state index is 12.6. The molecule has 1 aliphatic heterocycles. The molecule has 1 fully saturated rings. The van der Waals surface area contributed by atoms with Gasteiger partial charge in [-0.25, -0.2) is 0 Å². The van der Waals surface area contributed by atoms with Crippen LogP contribution in [0.1, 0.15) is 110 Å². The molecule has 0 radical (unpaired) electrons.